The number of thiol groups is 3. The third-order valence-electron chi connectivity index (χ3n) is 14.3. The first-order chi connectivity index (χ1) is 44.5. The van der Waals surface area contributed by atoms with Gasteiger partial charge in [-0.15, -0.1) is 0 Å². The Morgan fingerprint density at radius 3 is 1.42 bits per heavy atom. The molecular weight excluding hydrogens is 1310 g/mol. The standard InChI is InChI=1S/C58H91N15O19S3/c1-27(2)16-34(65-48(81)32(59)24-93)52(85)67-37(20-44(61)76)54(87)68-38(21-47(79)80)55(88)71-40(25-94)50(83)63-23-46(78)73-15-7-8-42(73)57(90)69-36(19-30-9-11-31(74)12-10-30)49(82)62-22-45(77)64-33(13-14-43(60)75)51(84)72-41(26-95)56(89)66-35(17-28(3)4)53(86)70-39(58(91)92)18-29(5)6/h9-12,27-29,32-42,74,93-95H,7-8,13-26,59H2,1-6H3,(H2,60,75)(H2,61,76)(H,62,82)(H,63,83)(H,64,77)(H,65,81)(H,66,89)(H,67,85)(H,68,87)(H,69,90)(H,70,86)(H,71,88)(H,72,84)(H,79,80)(H,91,92)/t32-,33-,34-,35-,36-,37-,38-,39-,40-,41-,42-/m0/s1. The number of carbonyl (C=O) groups excluding carboxylic acids is 14. The lowest BCUT2D eigenvalue weighted by Gasteiger charge is -2.27. The highest BCUT2D eigenvalue weighted by atomic mass is 32.1. The lowest BCUT2D eigenvalue weighted by molar-refractivity contribution is -0.143. The number of nitrogens with two attached hydrogens (primary N) is 3. The van der Waals surface area contributed by atoms with Gasteiger partial charge in [-0.25, -0.2) is 4.79 Å². The topological polar surface area (TPSA) is 547 Å². The average Bonchev–Trinajstić information content (AvgIpc) is 1.89. The van der Waals surface area contributed by atoms with Gasteiger partial charge in [0.15, 0.2) is 0 Å². The van der Waals surface area contributed by atoms with Crippen molar-refractivity contribution >= 4 is 133 Å². The molecule has 0 radical (unpaired) electrons. The molecule has 0 unspecified atom stereocenters. The highest BCUT2D eigenvalue weighted by Crippen LogP contribution is 2.19. The van der Waals surface area contributed by atoms with E-state index in [2.05, 4.69) is 96.4 Å². The zero-order valence-corrected chi connectivity index (χ0v) is 56.3. The van der Waals surface area contributed by atoms with Crippen LogP contribution in [0, 0.1) is 17.8 Å². The molecule has 1 fully saturated rings. The molecule has 530 valence electrons. The summed E-state index contributed by atoms with van der Waals surface area (Å²) in [5.74, 6) is -18.0. The van der Waals surface area contributed by atoms with Crippen LogP contribution in [0.4, 0.5) is 0 Å². The van der Waals surface area contributed by atoms with Crippen molar-refractivity contribution in [3.8, 4) is 5.75 Å². The van der Waals surface area contributed by atoms with Gasteiger partial charge in [0.2, 0.25) is 82.7 Å². The maximum Gasteiger partial charge on any atom is 0.326 e. The number of phenolic OH excluding ortho intramolecular Hbond substituents is 1. The predicted octanol–water partition coefficient (Wildman–Crippen LogP) is -5.52. The molecule has 0 saturated carbocycles. The number of primary amides is 2. The van der Waals surface area contributed by atoms with E-state index in [-0.39, 0.29) is 80.1 Å². The van der Waals surface area contributed by atoms with E-state index in [1.165, 1.54) is 24.3 Å². The van der Waals surface area contributed by atoms with Gasteiger partial charge in [-0.3, -0.25) is 71.9 Å². The predicted molar refractivity (Wildman–Crippen MR) is 350 cm³/mol. The van der Waals surface area contributed by atoms with Gasteiger partial charge in [0, 0.05) is 36.6 Å². The van der Waals surface area contributed by atoms with E-state index >= 15 is 0 Å². The molecule has 1 aliphatic heterocycles. The Hall–Kier alpha value is -8.45. The lowest BCUT2D eigenvalue weighted by atomic mass is 10.0. The van der Waals surface area contributed by atoms with Crippen LogP contribution in [-0.2, 0) is 83.1 Å². The summed E-state index contributed by atoms with van der Waals surface area (Å²) >= 11 is 12.3. The molecule has 1 heterocycles. The number of aromatic hydroxyl groups is 1. The molecule has 0 spiro atoms. The first-order valence-corrected chi connectivity index (χ1v) is 32.3. The van der Waals surface area contributed by atoms with E-state index in [1.807, 2.05) is 0 Å². The minimum absolute atomic E-state index is 0.0210. The zero-order valence-electron chi connectivity index (χ0n) is 53.6. The van der Waals surface area contributed by atoms with Crippen molar-refractivity contribution in [2.75, 3.05) is 36.9 Å². The largest absolute Gasteiger partial charge is 0.508 e. The summed E-state index contributed by atoms with van der Waals surface area (Å²) in [6.07, 6.45) is -2.53. The summed E-state index contributed by atoms with van der Waals surface area (Å²) < 4.78 is 0. The van der Waals surface area contributed by atoms with Crippen molar-refractivity contribution in [1.29, 1.82) is 0 Å². The number of carboxylic acid groups (broad SMARTS) is 2. The molecule has 1 aliphatic rings. The number of amides is 14. The third kappa shape index (κ3) is 30.2. The Kier molecular flexibility index (Phi) is 36.0. The molecule has 1 aromatic rings. The summed E-state index contributed by atoms with van der Waals surface area (Å²) in [6, 6.07) is -10.5. The molecule has 0 aromatic heterocycles. The van der Waals surface area contributed by atoms with Crippen LogP contribution < -0.4 is 75.7 Å². The molecule has 95 heavy (non-hydrogen) atoms. The molecule has 1 aromatic carbocycles. The number of hydrogen-bond acceptors (Lipinski definition) is 21. The van der Waals surface area contributed by atoms with Gasteiger partial charge in [0.05, 0.1) is 32.0 Å². The van der Waals surface area contributed by atoms with E-state index in [0.29, 0.717) is 5.56 Å². The summed E-state index contributed by atoms with van der Waals surface area (Å²) in [5, 5.41) is 55.5. The number of likely N-dealkylation sites (tertiary alicyclic amines) is 1. The second-order valence-electron chi connectivity index (χ2n) is 23.8. The fourth-order valence-corrected chi connectivity index (χ4v) is 10.1. The fourth-order valence-electron chi connectivity index (χ4n) is 9.44. The quantitative estimate of drug-likeness (QED) is 0.0272. The van der Waals surface area contributed by atoms with Crippen molar-refractivity contribution in [3.05, 3.63) is 29.8 Å². The summed E-state index contributed by atoms with van der Waals surface area (Å²) in [7, 11) is 0. The third-order valence-corrected chi connectivity index (χ3v) is 15.4. The van der Waals surface area contributed by atoms with Crippen molar-refractivity contribution in [3.63, 3.8) is 0 Å². The molecule has 11 atom stereocenters. The highest BCUT2D eigenvalue weighted by molar-refractivity contribution is 7.80. The summed E-state index contributed by atoms with van der Waals surface area (Å²) in [5.41, 5.74) is 16.8. The SMILES string of the molecule is CC(C)C[C@H](NC(=O)[C@H](CC(C)C)NC(=O)[C@H](CS)NC(=O)[C@H](CCC(N)=O)NC(=O)CNC(=O)[C@H](Cc1ccc(O)cc1)NC(=O)[C@@H]1CCCN1C(=O)CNC(=O)[C@H](CS)NC(=O)[C@H](CC(=O)O)NC(=O)[C@H](CC(N)=O)NC(=O)[C@H](CC(C)C)NC(=O)[C@@H](N)CS)C(=O)O. The maximum absolute atomic E-state index is 14.1. The Labute approximate surface area is 565 Å². The molecule has 2 rings (SSSR count). The van der Waals surface area contributed by atoms with Crippen molar-refractivity contribution in [2.24, 2.45) is 35.0 Å². The van der Waals surface area contributed by atoms with Gasteiger partial charge in [0.25, 0.3) is 0 Å². The monoisotopic (exact) mass is 1400 g/mol. The van der Waals surface area contributed by atoms with Gasteiger partial charge in [0.1, 0.15) is 66.2 Å². The van der Waals surface area contributed by atoms with Crippen LogP contribution in [0.2, 0.25) is 0 Å². The average molecular weight is 1400 g/mol. The second kappa shape index (κ2) is 41.4. The van der Waals surface area contributed by atoms with Gasteiger partial charge < -0.3 is 95.9 Å². The fraction of sp³-hybridized carbons (Fsp3) is 0.621. The zero-order chi connectivity index (χ0) is 72.0. The number of aliphatic carboxylic acids is 2. The van der Waals surface area contributed by atoms with Gasteiger partial charge in [-0.1, -0.05) is 53.7 Å². The van der Waals surface area contributed by atoms with Crippen LogP contribution in [0.3, 0.4) is 0 Å². The van der Waals surface area contributed by atoms with Crippen LogP contribution >= 0.6 is 37.9 Å². The van der Waals surface area contributed by atoms with E-state index < -0.39 is 206 Å². The normalized spacial score (nSPS) is 15.9. The molecule has 34 nitrogen and oxygen atoms in total. The number of hydrogen-bond donors (Lipinski definition) is 20. The highest BCUT2D eigenvalue weighted by Gasteiger charge is 2.39. The molecule has 0 aliphatic carbocycles. The van der Waals surface area contributed by atoms with E-state index in [0.717, 1.165) is 4.90 Å². The van der Waals surface area contributed by atoms with Crippen LogP contribution in [0.1, 0.15) is 105 Å². The Balaban J connectivity index is 2.25. The first kappa shape index (κ1) is 82.6. The molecule has 0 bridgehead atoms. The van der Waals surface area contributed by atoms with Crippen molar-refractivity contribution in [1.82, 2.24) is 63.4 Å². The van der Waals surface area contributed by atoms with Crippen molar-refractivity contribution < 1.29 is 92.0 Å². The van der Waals surface area contributed by atoms with Crippen molar-refractivity contribution in [2.45, 2.75) is 172 Å². The smallest absolute Gasteiger partial charge is 0.326 e. The number of benzene rings is 1. The van der Waals surface area contributed by atoms with Gasteiger partial charge in [-0.05, 0) is 74.0 Å². The molecule has 37 heteroatoms. The van der Waals surface area contributed by atoms with E-state index in [9.17, 15) is 92.0 Å². The minimum atomic E-state index is -1.97. The summed E-state index contributed by atoms with van der Waals surface area (Å²) in [6.45, 7) is 8.85. The number of rotatable bonds is 42. The number of phenols is 1. The number of nitrogens with one attached hydrogen (secondary N) is 11. The number of carboxylic acids is 2. The molecule has 1 saturated heterocycles. The van der Waals surface area contributed by atoms with Gasteiger partial charge in [-0.2, -0.15) is 37.9 Å². The molecular formula is C58H91N15O19S3. The Bertz CT molecular complexity index is 2910. The maximum atomic E-state index is 14.1. The van der Waals surface area contributed by atoms with Crippen LogP contribution in [-0.4, -0.2) is 218 Å². The first-order valence-electron chi connectivity index (χ1n) is 30.4. The van der Waals surface area contributed by atoms with Crippen LogP contribution in [0.25, 0.3) is 0 Å². The lowest BCUT2D eigenvalue weighted by Crippen LogP contribution is -2.60. The minimum Gasteiger partial charge on any atom is -0.508 e. The Morgan fingerprint density at radius 1 is 0.505 bits per heavy atom. The molecule has 20 N–H and O–H groups in total. The van der Waals surface area contributed by atoms with Crippen LogP contribution in [0.5, 0.6) is 5.75 Å². The Morgan fingerprint density at radius 2 is 0.937 bits per heavy atom. The number of nitrogens with zero attached hydrogens (tertiary/aromatic N) is 1. The van der Waals surface area contributed by atoms with Gasteiger partial charge >= 0.3 is 11.9 Å². The van der Waals surface area contributed by atoms with Crippen LogP contribution in [0.15, 0.2) is 24.3 Å². The van der Waals surface area contributed by atoms with E-state index in [4.69, 9.17) is 17.2 Å². The summed E-state index contributed by atoms with van der Waals surface area (Å²) in [4.78, 5) is 211. The molecule has 14 amide bonds. The second-order valence-corrected chi connectivity index (χ2v) is 24.9. The van der Waals surface area contributed by atoms with E-state index in [1.54, 1.807) is 41.5 Å². The number of carbonyl (C=O) groups is 16.